The Bertz CT molecular complexity index is 453. The van der Waals surface area contributed by atoms with Gasteiger partial charge >= 0.3 is 0 Å². The molecule has 1 aromatic heterocycles. The van der Waals surface area contributed by atoms with Crippen molar-refractivity contribution in [2.24, 2.45) is 18.7 Å². The van der Waals surface area contributed by atoms with Crippen molar-refractivity contribution in [1.82, 2.24) is 14.3 Å². The first-order valence-electron chi connectivity index (χ1n) is 5.57. The Morgan fingerprint density at radius 1 is 1.53 bits per heavy atom. The molecule has 1 unspecified atom stereocenters. The normalized spacial score (nSPS) is 14.2. The van der Waals surface area contributed by atoms with E-state index in [9.17, 15) is 8.42 Å². The highest BCUT2D eigenvalue weighted by Crippen LogP contribution is 2.11. The lowest BCUT2D eigenvalue weighted by Gasteiger charge is -2.20. The minimum absolute atomic E-state index is 0.0441. The predicted octanol–water partition coefficient (Wildman–Crippen LogP) is 0.0718. The molecule has 17 heavy (non-hydrogen) atoms. The van der Waals surface area contributed by atoms with Crippen LogP contribution in [0.25, 0.3) is 0 Å². The third-order valence-electron chi connectivity index (χ3n) is 2.55. The first-order valence-corrected chi connectivity index (χ1v) is 7.05. The smallest absolute Gasteiger partial charge is 0.259 e. The molecule has 0 aliphatic rings. The van der Waals surface area contributed by atoms with E-state index in [0.29, 0.717) is 13.0 Å². The minimum Gasteiger partial charge on any atom is -0.339 e. The van der Waals surface area contributed by atoms with Gasteiger partial charge in [0.15, 0.2) is 5.03 Å². The van der Waals surface area contributed by atoms with Crippen LogP contribution in [0, 0.1) is 5.92 Å². The maximum Gasteiger partial charge on any atom is 0.259 e. The van der Waals surface area contributed by atoms with E-state index in [4.69, 9.17) is 5.73 Å². The van der Waals surface area contributed by atoms with Gasteiger partial charge in [0.2, 0.25) is 0 Å². The maximum absolute atomic E-state index is 12.0. The number of nitrogens with two attached hydrogens (primary N) is 1. The molecule has 0 aliphatic heterocycles. The molecule has 0 saturated heterocycles. The summed E-state index contributed by atoms with van der Waals surface area (Å²) in [5.41, 5.74) is 5.47. The van der Waals surface area contributed by atoms with Gasteiger partial charge in [-0.05, 0) is 18.9 Å². The fraction of sp³-hybridized carbons (Fsp3) is 0.700. The Balaban J connectivity index is 2.84. The van der Waals surface area contributed by atoms with E-state index >= 15 is 0 Å². The first-order chi connectivity index (χ1) is 7.86. The molecule has 0 saturated carbocycles. The van der Waals surface area contributed by atoms with Crippen molar-refractivity contribution in [3.05, 3.63) is 12.5 Å². The van der Waals surface area contributed by atoms with Crippen LogP contribution < -0.4 is 10.5 Å². The average molecular weight is 260 g/mol. The third-order valence-corrected chi connectivity index (χ3v) is 3.92. The van der Waals surface area contributed by atoms with E-state index in [1.165, 1.54) is 12.5 Å². The fourth-order valence-electron chi connectivity index (χ4n) is 1.50. The second-order valence-electron chi connectivity index (χ2n) is 4.43. The van der Waals surface area contributed by atoms with Crippen molar-refractivity contribution in [2.75, 3.05) is 6.54 Å². The molecule has 0 aliphatic carbocycles. The molecule has 1 rings (SSSR count). The molecule has 1 aromatic rings. The van der Waals surface area contributed by atoms with Crippen LogP contribution in [0.15, 0.2) is 17.6 Å². The summed E-state index contributed by atoms with van der Waals surface area (Å²) < 4.78 is 28.3. The number of aryl methyl sites for hydroxylation is 1. The summed E-state index contributed by atoms with van der Waals surface area (Å²) in [7, 11) is -1.82. The van der Waals surface area contributed by atoms with Gasteiger partial charge in [-0.3, -0.25) is 0 Å². The van der Waals surface area contributed by atoms with Gasteiger partial charge in [0.25, 0.3) is 10.0 Å². The monoisotopic (exact) mass is 260 g/mol. The molecule has 0 aromatic carbocycles. The fourth-order valence-corrected chi connectivity index (χ4v) is 2.90. The van der Waals surface area contributed by atoms with Crippen LogP contribution in [0.1, 0.15) is 20.3 Å². The lowest BCUT2D eigenvalue weighted by atomic mass is 10.0. The second kappa shape index (κ2) is 5.61. The zero-order chi connectivity index (χ0) is 13.1. The third kappa shape index (κ3) is 3.79. The van der Waals surface area contributed by atoms with E-state index in [0.717, 1.165) is 0 Å². The summed E-state index contributed by atoms with van der Waals surface area (Å²) in [4.78, 5) is 3.84. The number of rotatable bonds is 6. The van der Waals surface area contributed by atoms with Crippen molar-refractivity contribution in [1.29, 1.82) is 0 Å². The van der Waals surface area contributed by atoms with E-state index < -0.39 is 10.0 Å². The van der Waals surface area contributed by atoms with Crippen molar-refractivity contribution >= 4 is 10.0 Å². The lowest BCUT2D eigenvalue weighted by molar-refractivity contribution is 0.428. The van der Waals surface area contributed by atoms with Crippen LogP contribution in [-0.4, -0.2) is 30.6 Å². The Morgan fingerprint density at radius 2 is 2.18 bits per heavy atom. The number of imidazole rings is 1. The second-order valence-corrected chi connectivity index (χ2v) is 6.09. The molecule has 0 fully saturated rings. The first kappa shape index (κ1) is 14.1. The molecule has 0 bridgehead atoms. The molecule has 6 nitrogen and oxygen atoms in total. The number of aromatic nitrogens is 2. The Morgan fingerprint density at radius 3 is 2.59 bits per heavy atom. The highest BCUT2D eigenvalue weighted by Gasteiger charge is 2.23. The quantitative estimate of drug-likeness (QED) is 0.757. The number of hydrogen-bond donors (Lipinski definition) is 2. The summed E-state index contributed by atoms with van der Waals surface area (Å²) in [6.45, 7) is 4.37. The summed E-state index contributed by atoms with van der Waals surface area (Å²) >= 11 is 0. The molecule has 7 heteroatoms. The van der Waals surface area contributed by atoms with Gasteiger partial charge in [-0.15, -0.1) is 0 Å². The number of nitrogens with zero attached hydrogens (tertiary/aromatic N) is 2. The molecular weight excluding hydrogens is 240 g/mol. The molecule has 0 radical (unpaired) electrons. The van der Waals surface area contributed by atoms with E-state index in [-0.39, 0.29) is 17.0 Å². The van der Waals surface area contributed by atoms with Gasteiger partial charge in [0.05, 0.1) is 6.33 Å². The van der Waals surface area contributed by atoms with E-state index in [2.05, 4.69) is 9.71 Å². The van der Waals surface area contributed by atoms with E-state index in [1.807, 2.05) is 13.8 Å². The molecule has 1 heterocycles. The van der Waals surface area contributed by atoms with Crippen molar-refractivity contribution in [2.45, 2.75) is 31.3 Å². The standard InChI is InChI=1S/C10H20N4O2S/c1-8(2)9(4-5-11)13-17(15,16)10-6-14(3)7-12-10/h6-9,13H,4-5,11H2,1-3H3. The highest BCUT2D eigenvalue weighted by molar-refractivity contribution is 7.89. The van der Waals surface area contributed by atoms with Crippen molar-refractivity contribution in [3.8, 4) is 0 Å². The molecule has 3 N–H and O–H groups in total. The SMILES string of the molecule is CC(C)C(CCN)NS(=O)(=O)c1cn(C)cn1. The zero-order valence-corrected chi connectivity index (χ0v) is 11.2. The molecule has 0 amide bonds. The van der Waals surface area contributed by atoms with Crippen LogP contribution in [0.5, 0.6) is 0 Å². The zero-order valence-electron chi connectivity index (χ0n) is 10.4. The minimum atomic E-state index is -3.54. The van der Waals surface area contributed by atoms with Crippen LogP contribution in [-0.2, 0) is 17.1 Å². The summed E-state index contributed by atoms with van der Waals surface area (Å²) in [6, 6.07) is -0.160. The van der Waals surface area contributed by atoms with Gasteiger partial charge < -0.3 is 10.3 Å². The Kier molecular flexibility index (Phi) is 4.67. The van der Waals surface area contributed by atoms with Crippen LogP contribution in [0.3, 0.4) is 0 Å². The molecule has 98 valence electrons. The Labute approximate surface area is 102 Å². The van der Waals surface area contributed by atoms with Gasteiger partial charge in [-0.25, -0.2) is 18.1 Å². The molecular formula is C10H20N4O2S. The number of nitrogens with one attached hydrogen (secondary N) is 1. The van der Waals surface area contributed by atoms with Crippen molar-refractivity contribution < 1.29 is 8.42 Å². The van der Waals surface area contributed by atoms with Crippen LogP contribution in [0.2, 0.25) is 0 Å². The summed E-state index contributed by atoms with van der Waals surface area (Å²) in [5.74, 6) is 0.192. The Hall–Kier alpha value is -0.920. The molecule has 0 spiro atoms. The maximum atomic E-state index is 12.0. The number of hydrogen-bond acceptors (Lipinski definition) is 4. The molecule has 1 atom stereocenters. The topological polar surface area (TPSA) is 90.0 Å². The highest BCUT2D eigenvalue weighted by atomic mass is 32.2. The van der Waals surface area contributed by atoms with Crippen LogP contribution >= 0.6 is 0 Å². The van der Waals surface area contributed by atoms with Gasteiger partial charge in [-0.2, -0.15) is 0 Å². The average Bonchev–Trinajstić information content (AvgIpc) is 2.64. The van der Waals surface area contributed by atoms with Gasteiger partial charge in [-0.1, -0.05) is 13.8 Å². The number of sulfonamides is 1. The van der Waals surface area contributed by atoms with Gasteiger partial charge in [0, 0.05) is 19.3 Å². The van der Waals surface area contributed by atoms with Crippen LogP contribution in [0.4, 0.5) is 0 Å². The van der Waals surface area contributed by atoms with E-state index in [1.54, 1.807) is 11.6 Å². The summed E-state index contributed by atoms with van der Waals surface area (Å²) in [6.07, 6.45) is 3.55. The summed E-state index contributed by atoms with van der Waals surface area (Å²) in [5, 5.41) is 0.0441. The predicted molar refractivity (Wildman–Crippen MR) is 65.8 cm³/mol. The van der Waals surface area contributed by atoms with Gasteiger partial charge in [0.1, 0.15) is 0 Å². The largest absolute Gasteiger partial charge is 0.339 e. The van der Waals surface area contributed by atoms with Crippen molar-refractivity contribution in [3.63, 3.8) is 0 Å². The lowest BCUT2D eigenvalue weighted by Crippen LogP contribution is -2.40.